The van der Waals surface area contributed by atoms with Crippen molar-refractivity contribution in [2.75, 3.05) is 6.54 Å². The lowest BCUT2D eigenvalue weighted by atomic mass is 10.1. The summed E-state index contributed by atoms with van der Waals surface area (Å²) in [5, 5.41) is 22.0. The molecule has 0 unspecified atom stereocenters. The van der Waals surface area contributed by atoms with E-state index in [9.17, 15) is 9.90 Å². The van der Waals surface area contributed by atoms with Gasteiger partial charge in [0, 0.05) is 11.9 Å². The minimum absolute atomic E-state index is 0.142. The number of pyridine rings is 1. The highest BCUT2D eigenvalue weighted by atomic mass is 16.5. The molecule has 0 bridgehead atoms. The third-order valence-corrected chi connectivity index (χ3v) is 3.79. The summed E-state index contributed by atoms with van der Waals surface area (Å²) in [6.07, 6.45) is 0. The number of nitrogens with one attached hydrogen (secondary N) is 1. The van der Waals surface area contributed by atoms with Crippen molar-refractivity contribution in [1.29, 1.82) is 5.26 Å². The molecule has 3 aromatic rings. The Bertz CT molecular complexity index is 1020. The van der Waals surface area contributed by atoms with Gasteiger partial charge in [-0.15, -0.1) is 0 Å². The summed E-state index contributed by atoms with van der Waals surface area (Å²) in [5.74, 6) is 0.925. The summed E-state index contributed by atoms with van der Waals surface area (Å²) >= 11 is 0. The number of carbonyl (C=O) groups excluding carboxylic acids is 1. The second kappa shape index (κ2) is 7.44. The van der Waals surface area contributed by atoms with E-state index in [0.29, 0.717) is 22.6 Å². The third kappa shape index (κ3) is 4.81. The number of benzene rings is 2. The molecule has 6 nitrogen and oxygen atoms in total. The van der Waals surface area contributed by atoms with Gasteiger partial charge in [-0.25, -0.2) is 4.98 Å². The summed E-state index contributed by atoms with van der Waals surface area (Å²) in [4.78, 5) is 16.5. The fraction of sp³-hybridized carbons (Fsp3) is 0.190. The van der Waals surface area contributed by atoms with Crippen molar-refractivity contribution in [2.24, 2.45) is 0 Å². The van der Waals surface area contributed by atoms with Crippen LogP contribution in [-0.2, 0) is 0 Å². The van der Waals surface area contributed by atoms with E-state index in [2.05, 4.69) is 16.4 Å². The number of nitrogens with zero attached hydrogens (tertiary/aromatic N) is 2. The Morgan fingerprint density at radius 2 is 1.85 bits per heavy atom. The van der Waals surface area contributed by atoms with Crippen LogP contribution in [0.4, 0.5) is 0 Å². The number of carbonyl (C=O) groups is 1. The van der Waals surface area contributed by atoms with E-state index < -0.39 is 5.60 Å². The molecule has 27 heavy (non-hydrogen) atoms. The Morgan fingerprint density at radius 1 is 1.15 bits per heavy atom. The van der Waals surface area contributed by atoms with E-state index in [-0.39, 0.29) is 18.1 Å². The van der Waals surface area contributed by atoms with Crippen LogP contribution in [-0.4, -0.2) is 28.1 Å². The van der Waals surface area contributed by atoms with Gasteiger partial charge in [0.25, 0.3) is 5.91 Å². The second-order valence-electron chi connectivity index (χ2n) is 6.78. The van der Waals surface area contributed by atoms with Crippen molar-refractivity contribution in [3.05, 3.63) is 65.9 Å². The number of hydrogen-bond acceptors (Lipinski definition) is 5. The van der Waals surface area contributed by atoms with E-state index >= 15 is 0 Å². The predicted octanol–water partition coefficient (Wildman–Crippen LogP) is 3.40. The van der Waals surface area contributed by atoms with Crippen LogP contribution in [0.3, 0.4) is 0 Å². The molecule has 0 fully saturated rings. The average Bonchev–Trinajstić information content (AvgIpc) is 2.65. The number of aromatic nitrogens is 1. The van der Waals surface area contributed by atoms with E-state index in [0.717, 1.165) is 5.39 Å². The molecule has 1 amide bonds. The average molecular weight is 361 g/mol. The molecular formula is C21H19N3O3. The van der Waals surface area contributed by atoms with Crippen molar-refractivity contribution < 1.29 is 14.6 Å². The SMILES string of the molecule is CC(C)(O)CNC(=O)c1ccc2cc(Oc3ccc(C#N)cc3)ccc2n1. The summed E-state index contributed by atoms with van der Waals surface area (Å²) in [5.41, 5.74) is 0.538. The van der Waals surface area contributed by atoms with Crippen LogP contribution in [0.5, 0.6) is 11.5 Å². The van der Waals surface area contributed by atoms with Crippen LogP contribution in [0.2, 0.25) is 0 Å². The molecule has 0 saturated carbocycles. The van der Waals surface area contributed by atoms with Crippen LogP contribution in [0.15, 0.2) is 54.6 Å². The number of hydrogen-bond donors (Lipinski definition) is 2. The maximum Gasteiger partial charge on any atom is 0.270 e. The first-order valence-corrected chi connectivity index (χ1v) is 8.43. The number of fused-ring (bicyclic) bond motifs is 1. The molecular weight excluding hydrogens is 342 g/mol. The van der Waals surface area contributed by atoms with E-state index in [1.54, 1.807) is 62.4 Å². The fourth-order valence-corrected chi connectivity index (χ4v) is 2.41. The molecule has 2 N–H and O–H groups in total. The van der Waals surface area contributed by atoms with E-state index in [1.807, 2.05) is 6.07 Å². The van der Waals surface area contributed by atoms with Gasteiger partial charge in [-0.3, -0.25) is 4.79 Å². The Labute approximate surface area is 157 Å². The van der Waals surface area contributed by atoms with Crippen LogP contribution in [0.25, 0.3) is 10.9 Å². The van der Waals surface area contributed by atoms with Gasteiger partial charge >= 0.3 is 0 Å². The second-order valence-corrected chi connectivity index (χ2v) is 6.78. The van der Waals surface area contributed by atoms with Gasteiger partial charge in [0.1, 0.15) is 17.2 Å². The zero-order chi connectivity index (χ0) is 19.4. The van der Waals surface area contributed by atoms with Gasteiger partial charge in [0.2, 0.25) is 0 Å². The summed E-state index contributed by atoms with van der Waals surface area (Å²) in [6, 6.07) is 17.7. The highest BCUT2D eigenvalue weighted by Gasteiger charge is 2.15. The van der Waals surface area contributed by atoms with Crippen molar-refractivity contribution in [3.63, 3.8) is 0 Å². The minimum Gasteiger partial charge on any atom is -0.457 e. The smallest absolute Gasteiger partial charge is 0.270 e. The Balaban J connectivity index is 1.76. The summed E-state index contributed by atoms with van der Waals surface area (Å²) in [7, 11) is 0. The quantitative estimate of drug-likeness (QED) is 0.726. The summed E-state index contributed by atoms with van der Waals surface area (Å²) < 4.78 is 5.80. The molecule has 0 radical (unpaired) electrons. The highest BCUT2D eigenvalue weighted by Crippen LogP contribution is 2.25. The van der Waals surface area contributed by atoms with Gasteiger partial charge < -0.3 is 15.2 Å². The van der Waals surface area contributed by atoms with Crippen molar-refractivity contribution >= 4 is 16.8 Å². The Kier molecular flexibility index (Phi) is 5.06. The molecule has 1 aromatic heterocycles. The van der Waals surface area contributed by atoms with Gasteiger partial charge in [0.15, 0.2) is 0 Å². The molecule has 1 heterocycles. The number of nitriles is 1. The topological polar surface area (TPSA) is 95.2 Å². The maximum atomic E-state index is 12.2. The molecule has 0 aliphatic rings. The fourth-order valence-electron chi connectivity index (χ4n) is 2.41. The lowest BCUT2D eigenvalue weighted by Gasteiger charge is -2.17. The molecule has 0 spiro atoms. The van der Waals surface area contributed by atoms with Crippen molar-refractivity contribution in [3.8, 4) is 17.6 Å². The van der Waals surface area contributed by atoms with E-state index in [4.69, 9.17) is 10.00 Å². The monoisotopic (exact) mass is 361 g/mol. The Morgan fingerprint density at radius 3 is 2.52 bits per heavy atom. The normalized spacial score (nSPS) is 11.0. The van der Waals surface area contributed by atoms with Gasteiger partial charge in [-0.2, -0.15) is 5.26 Å². The molecule has 0 aliphatic carbocycles. The standard InChI is InChI=1S/C21H19N3O3/c1-21(2,26)13-23-20(25)19-9-5-15-11-17(8-10-18(15)24-19)27-16-6-3-14(12-22)4-7-16/h3-11,26H,13H2,1-2H3,(H,23,25). The number of ether oxygens (including phenoxy) is 1. The Hall–Kier alpha value is -3.43. The molecule has 3 rings (SSSR count). The lowest BCUT2D eigenvalue weighted by Crippen LogP contribution is -2.38. The van der Waals surface area contributed by atoms with Crippen molar-refractivity contribution in [2.45, 2.75) is 19.4 Å². The van der Waals surface area contributed by atoms with Crippen LogP contribution in [0.1, 0.15) is 29.9 Å². The molecule has 6 heteroatoms. The molecule has 136 valence electrons. The third-order valence-electron chi connectivity index (χ3n) is 3.79. The number of aliphatic hydroxyl groups is 1. The molecule has 0 atom stereocenters. The van der Waals surface area contributed by atoms with Crippen LogP contribution < -0.4 is 10.1 Å². The van der Waals surface area contributed by atoms with Gasteiger partial charge in [-0.05, 0) is 62.4 Å². The first kappa shape index (κ1) is 18.4. The number of rotatable bonds is 5. The zero-order valence-corrected chi connectivity index (χ0v) is 15.1. The first-order chi connectivity index (χ1) is 12.8. The zero-order valence-electron chi connectivity index (χ0n) is 15.1. The minimum atomic E-state index is -0.982. The molecule has 0 aliphatic heterocycles. The largest absolute Gasteiger partial charge is 0.457 e. The van der Waals surface area contributed by atoms with Gasteiger partial charge in [0.05, 0.1) is 22.8 Å². The lowest BCUT2D eigenvalue weighted by molar-refractivity contribution is 0.0692. The first-order valence-electron chi connectivity index (χ1n) is 8.43. The summed E-state index contributed by atoms with van der Waals surface area (Å²) in [6.45, 7) is 3.38. The van der Waals surface area contributed by atoms with Gasteiger partial charge in [-0.1, -0.05) is 6.07 Å². The molecule has 2 aromatic carbocycles. The molecule has 0 saturated heterocycles. The van der Waals surface area contributed by atoms with Crippen molar-refractivity contribution in [1.82, 2.24) is 10.3 Å². The van der Waals surface area contributed by atoms with Crippen LogP contribution in [0, 0.1) is 11.3 Å². The predicted molar refractivity (Wildman–Crippen MR) is 102 cm³/mol. The number of amides is 1. The van der Waals surface area contributed by atoms with Crippen LogP contribution >= 0.6 is 0 Å². The highest BCUT2D eigenvalue weighted by molar-refractivity contribution is 5.95. The van der Waals surface area contributed by atoms with E-state index in [1.165, 1.54) is 0 Å². The maximum absolute atomic E-state index is 12.2.